The van der Waals surface area contributed by atoms with Crippen molar-refractivity contribution in [2.45, 2.75) is 362 Å². The summed E-state index contributed by atoms with van der Waals surface area (Å²) in [5.74, 6) is -0.603. The number of phosphoric ester groups is 2. The van der Waals surface area contributed by atoms with Crippen LogP contribution in [0.3, 0.4) is 0 Å². The third-order valence-electron chi connectivity index (χ3n) is 15.7. The molecule has 0 aliphatic carbocycles. The molecule has 0 heterocycles. The summed E-state index contributed by atoms with van der Waals surface area (Å²) in [6.07, 6.45) is 44.6. The minimum absolute atomic E-state index is 0.106. The molecule has 2 unspecified atom stereocenters. The first kappa shape index (κ1) is 85.1. The van der Waals surface area contributed by atoms with Crippen LogP contribution in [0.15, 0.2) is 0 Å². The molecule has 0 saturated carbocycles. The molecule has 0 aliphatic heterocycles. The zero-order valence-corrected chi connectivity index (χ0v) is 58.1. The highest BCUT2D eigenvalue weighted by Gasteiger charge is 2.30. The molecule has 0 spiro atoms. The quantitative estimate of drug-likeness (QED) is 0.0222. The highest BCUT2D eigenvalue weighted by atomic mass is 31.2. The Bertz CT molecular complexity index is 1700. The predicted molar refractivity (Wildman–Crippen MR) is 349 cm³/mol. The summed E-state index contributed by atoms with van der Waals surface area (Å²) in [5.41, 5.74) is 0. The first-order chi connectivity index (χ1) is 41.9. The maximum Gasteiger partial charge on any atom is 0.472 e. The van der Waals surface area contributed by atoms with Gasteiger partial charge in [0.05, 0.1) is 26.4 Å². The number of carbonyl (C=O) groups is 4. The molecule has 516 valence electrons. The lowest BCUT2D eigenvalue weighted by Gasteiger charge is -2.21. The van der Waals surface area contributed by atoms with Gasteiger partial charge in [-0.15, -0.1) is 0 Å². The summed E-state index contributed by atoms with van der Waals surface area (Å²) in [5, 5.41) is 10.6. The number of ether oxygens (including phenoxy) is 4. The van der Waals surface area contributed by atoms with Crippen molar-refractivity contribution in [3.05, 3.63) is 0 Å². The molecule has 3 N–H and O–H groups in total. The third kappa shape index (κ3) is 62.6. The fourth-order valence-corrected chi connectivity index (χ4v) is 11.8. The van der Waals surface area contributed by atoms with Crippen molar-refractivity contribution >= 4 is 39.5 Å². The van der Waals surface area contributed by atoms with Crippen molar-refractivity contribution < 1.29 is 80.2 Å². The monoisotopic (exact) mass is 1280 g/mol. The molecule has 0 bridgehead atoms. The summed E-state index contributed by atoms with van der Waals surface area (Å²) >= 11 is 0. The molecule has 0 rings (SSSR count). The average molecular weight is 1280 g/mol. The van der Waals surface area contributed by atoms with E-state index in [0.717, 1.165) is 115 Å². The van der Waals surface area contributed by atoms with Gasteiger partial charge in [-0.05, 0) is 37.5 Å². The van der Waals surface area contributed by atoms with Crippen molar-refractivity contribution in [1.29, 1.82) is 0 Å². The largest absolute Gasteiger partial charge is 0.472 e. The summed E-state index contributed by atoms with van der Waals surface area (Å²) in [4.78, 5) is 72.3. The Labute approximate surface area is 530 Å². The van der Waals surface area contributed by atoms with Gasteiger partial charge in [0, 0.05) is 25.7 Å². The molecule has 0 aromatic carbocycles. The van der Waals surface area contributed by atoms with Crippen LogP contribution in [0.25, 0.3) is 0 Å². The Kier molecular flexibility index (Phi) is 59.0. The SMILES string of the molecule is CCCCCCCCCCCCCC(=O)O[C@H](COC(=O)CCCCCCCCC)COP(=O)(O)OC[C@H](O)COP(=O)(O)OC[C@@H](COC(=O)CCCCCCCCCCC(C)C)OC(=O)CCCCCCCCCCCCCCCCCC(C)C. The van der Waals surface area contributed by atoms with Crippen LogP contribution in [0.1, 0.15) is 343 Å². The molecule has 0 aliphatic rings. The third-order valence-corrected chi connectivity index (χ3v) is 17.6. The Morgan fingerprint density at radius 1 is 0.310 bits per heavy atom. The van der Waals surface area contributed by atoms with Crippen LogP contribution in [-0.2, 0) is 65.4 Å². The maximum absolute atomic E-state index is 13.0. The first-order valence-electron chi connectivity index (χ1n) is 35.5. The van der Waals surface area contributed by atoms with E-state index in [-0.39, 0.29) is 25.7 Å². The van der Waals surface area contributed by atoms with E-state index in [9.17, 15) is 43.2 Å². The Morgan fingerprint density at radius 2 is 0.529 bits per heavy atom. The molecular formula is C68H132O17P2. The normalized spacial score (nSPS) is 14.2. The fourth-order valence-electron chi connectivity index (χ4n) is 10.2. The van der Waals surface area contributed by atoms with E-state index < -0.39 is 97.5 Å². The van der Waals surface area contributed by atoms with Crippen molar-refractivity contribution in [2.75, 3.05) is 39.6 Å². The molecule has 0 radical (unpaired) electrons. The van der Waals surface area contributed by atoms with Gasteiger partial charge in [-0.3, -0.25) is 37.3 Å². The van der Waals surface area contributed by atoms with Gasteiger partial charge in [0.2, 0.25) is 0 Å². The van der Waals surface area contributed by atoms with Gasteiger partial charge in [-0.1, -0.05) is 292 Å². The summed E-state index contributed by atoms with van der Waals surface area (Å²) in [6, 6.07) is 0. The van der Waals surface area contributed by atoms with E-state index in [1.165, 1.54) is 148 Å². The second-order valence-electron chi connectivity index (χ2n) is 25.5. The fraction of sp³-hybridized carbons (Fsp3) is 0.941. The Hall–Kier alpha value is -1.94. The minimum Gasteiger partial charge on any atom is -0.462 e. The number of esters is 4. The molecule has 0 fully saturated rings. The molecule has 0 amide bonds. The van der Waals surface area contributed by atoms with Crippen LogP contribution in [0.2, 0.25) is 0 Å². The smallest absolute Gasteiger partial charge is 0.462 e. The molecule has 0 aromatic heterocycles. The number of carbonyl (C=O) groups excluding carboxylic acids is 4. The average Bonchev–Trinajstić information content (AvgIpc) is 3.64. The topological polar surface area (TPSA) is 237 Å². The van der Waals surface area contributed by atoms with Crippen molar-refractivity contribution in [2.24, 2.45) is 11.8 Å². The Balaban J connectivity index is 5.18. The van der Waals surface area contributed by atoms with Gasteiger partial charge >= 0.3 is 39.5 Å². The zero-order valence-electron chi connectivity index (χ0n) is 56.3. The number of rotatable bonds is 67. The lowest BCUT2D eigenvalue weighted by atomic mass is 10.0. The van der Waals surface area contributed by atoms with Crippen molar-refractivity contribution in [1.82, 2.24) is 0 Å². The lowest BCUT2D eigenvalue weighted by molar-refractivity contribution is -0.161. The zero-order chi connectivity index (χ0) is 64.3. The first-order valence-corrected chi connectivity index (χ1v) is 38.5. The lowest BCUT2D eigenvalue weighted by Crippen LogP contribution is -2.30. The molecule has 5 atom stereocenters. The van der Waals surface area contributed by atoms with E-state index in [0.29, 0.717) is 25.7 Å². The van der Waals surface area contributed by atoms with Gasteiger partial charge in [0.1, 0.15) is 19.3 Å². The van der Waals surface area contributed by atoms with E-state index in [1.54, 1.807) is 0 Å². The van der Waals surface area contributed by atoms with Crippen LogP contribution in [-0.4, -0.2) is 96.7 Å². The van der Waals surface area contributed by atoms with Crippen LogP contribution >= 0.6 is 15.6 Å². The van der Waals surface area contributed by atoms with E-state index in [4.69, 9.17) is 37.0 Å². The number of phosphoric acid groups is 2. The van der Waals surface area contributed by atoms with Crippen molar-refractivity contribution in [3.63, 3.8) is 0 Å². The standard InChI is InChI=1S/C68H132O17P2/c1-7-9-11-13-15-16-22-26-34-40-46-52-67(72)84-63(56-78-65(70)50-44-38-30-14-12-10-8-2)58-82-86(74,75)80-54-62(69)55-81-87(76,77)83-59-64(57-79-66(71)51-45-39-33-29-28-32-37-43-49-61(5)6)85-68(73)53-47-41-35-27-24-21-19-17-18-20-23-25-31-36-42-48-60(3)4/h60-64,69H,7-59H2,1-6H3,(H,74,75)(H,76,77)/t62-,63+,64+/m0/s1. The molecule has 0 saturated heterocycles. The highest BCUT2D eigenvalue weighted by molar-refractivity contribution is 7.47. The molecular weight excluding hydrogens is 1150 g/mol. The van der Waals surface area contributed by atoms with E-state index in [2.05, 4.69) is 41.5 Å². The van der Waals surface area contributed by atoms with Gasteiger partial charge in [0.15, 0.2) is 12.2 Å². The maximum atomic E-state index is 13.0. The summed E-state index contributed by atoms with van der Waals surface area (Å²) in [7, 11) is -9.89. The summed E-state index contributed by atoms with van der Waals surface area (Å²) < 4.78 is 68.1. The molecule has 19 heteroatoms. The highest BCUT2D eigenvalue weighted by Crippen LogP contribution is 2.45. The van der Waals surface area contributed by atoms with Crippen LogP contribution in [0, 0.1) is 11.8 Å². The Morgan fingerprint density at radius 3 is 0.782 bits per heavy atom. The van der Waals surface area contributed by atoms with Gasteiger partial charge in [-0.25, -0.2) is 9.13 Å². The molecule has 0 aromatic rings. The van der Waals surface area contributed by atoms with E-state index >= 15 is 0 Å². The van der Waals surface area contributed by atoms with Crippen molar-refractivity contribution in [3.8, 4) is 0 Å². The number of aliphatic hydroxyl groups excluding tert-OH is 1. The molecule has 87 heavy (non-hydrogen) atoms. The predicted octanol–water partition coefficient (Wildman–Crippen LogP) is 19.2. The van der Waals surface area contributed by atoms with Gasteiger partial charge in [-0.2, -0.15) is 0 Å². The second kappa shape index (κ2) is 60.3. The van der Waals surface area contributed by atoms with Crippen LogP contribution in [0.5, 0.6) is 0 Å². The minimum atomic E-state index is -4.95. The number of hydrogen-bond acceptors (Lipinski definition) is 15. The van der Waals surface area contributed by atoms with Gasteiger partial charge in [0.25, 0.3) is 0 Å². The number of hydrogen-bond donors (Lipinski definition) is 3. The number of aliphatic hydroxyl groups is 1. The number of unbranched alkanes of at least 4 members (excludes halogenated alkanes) is 37. The van der Waals surface area contributed by atoms with Gasteiger partial charge < -0.3 is 33.8 Å². The molecule has 17 nitrogen and oxygen atoms in total. The van der Waals surface area contributed by atoms with Crippen LogP contribution < -0.4 is 0 Å². The van der Waals surface area contributed by atoms with Crippen LogP contribution in [0.4, 0.5) is 0 Å². The second-order valence-corrected chi connectivity index (χ2v) is 28.4. The summed E-state index contributed by atoms with van der Waals surface area (Å²) in [6.45, 7) is 9.48. The van der Waals surface area contributed by atoms with E-state index in [1.807, 2.05) is 0 Å².